The molecule has 0 bridgehead atoms. The van der Waals surface area contributed by atoms with Gasteiger partial charge in [-0.1, -0.05) is 35.9 Å². The Balaban J connectivity index is 1.62. The number of amides is 1. The van der Waals surface area contributed by atoms with E-state index in [9.17, 15) is 18.8 Å². The zero-order valence-corrected chi connectivity index (χ0v) is 22.5. The van der Waals surface area contributed by atoms with Crippen molar-refractivity contribution in [3.05, 3.63) is 105 Å². The second-order valence-corrected chi connectivity index (χ2v) is 10.8. The Morgan fingerprint density at radius 3 is 2.70 bits per heavy atom. The first-order chi connectivity index (χ1) is 19.3. The summed E-state index contributed by atoms with van der Waals surface area (Å²) in [6, 6.07) is 11.0. The van der Waals surface area contributed by atoms with Crippen molar-refractivity contribution in [3.8, 4) is 5.75 Å². The van der Waals surface area contributed by atoms with Crippen LogP contribution in [0.2, 0.25) is 0 Å². The fourth-order valence-corrected chi connectivity index (χ4v) is 6.66. The van der Waals surface area contributed by atoms with Gasteiger partial charge in [0.15, 0.2) is 17.3 Å². The first-order valence-corrected chi connectivity index (χ1v) is 13.7. The molecule has 0 radical (unpaired) electrons. The molecule has 2 atom stereocenters. The van der Waals surface area contributed by atoms with Crippen molar-refractivity contribution in [2.45, 2.75) is 43.1 Å². The van der Waals surface area contributed by atoms with Crippen LogP contribution in [0.15, 0.2) is 70.0 Å². The van der Waals surface area contributed by atoms with Crippen molar-refractivity contribution in [1.29, 1.82) is 0 Å². The number of rotatable bonds is 4. The molecule has 0 unspecified atom stereocenters. The number of carbonyl (C=O) groups excluding carboxylic acids is 2. The summed E-state index contributed by atoms with van der Waals surface area (Å²) in [4.78, 5) is 40.8. The lowest BCUT2D eigenvalue weighted by Gasteiger charge is -2.51. The van der Waals surface area contributed by atoms with E-state index in [0.29, 0.717) is 12.0 Å². The molecule has 0 N–H and O–H groups in total. The molecule has 3 aliphatic rings. The second kappa shape index (κ2) is 10.1. The van der Waals surface area contributed by atoms with Gasteiger partial charge in [-0.15, -0.1) is 11.8 Å². The first kappa shape index (κ1) is 26.1. The normalized spacial score (nSPS) is 19.5. The standard InChI is InChI=1S/C29H25F2N3O5S/c1-16-9-11-32-24(13-16)34(33-12-10-22(36)28(27(33)29(32)37)39-15-38-17(2)35)26-18-7-8-21(30)25(31)20(18)14-40-23-6-4-3-5-19(23)26/h3-10,12,24,26H,11,13-15H2,1-2H3/t24-,26+/m1/s1. The molecule has 6 rings (SSSR count). The lowest BCUT2D eigenvalue weighted by atomic mass is 9.92. The molecule has 206 valence electrons. The predicted octanol–water partition coefficient (Wildman–Crippen LogP) is 4.49. The summed E-state index contributed by atoms with van der Waals surface area (Å²) in [6.07, 6.45) is 3.43. The molecule has 2 aromatic carbocycles. The highest BCUT2D eigenvalue weighted by Gasteiger charge is 2.46. The maximum absolute atomic E-state index is 15.3. The van der Waals surface area contributed by atoms with E-state index in [0.717, 1.165) is 22.1 Å². The molecule has 1 aromatic heterocycles. The Morgan fingerprint density at radius 2 is 1.90 bits per heavy atom. The number of hydrogen-bond donors (Lipinski definition) is 0. The van der Waals surface area contributed by atoms with Gasteiger partial charge in [0.2, 0.25) is 18.0 Å². The largest absolute Gasteiger partial charge is 0.451 e. The number of nitrogens with zero attached hydrogens (tertiary/aromatic N) is 3. The maximum Gasteiger partial charge on any atom is 0.305 e. The van der Waals surface area contributed by atoms with Crippen molar-refractivity contribution in [3.63, 3.8) is 0 Å². The molecule has 8 nitrogen and oxygen atoms in total. The first-order valence-electron chi connectivity index (χ1n) is 12.7. The molecule has 4 heterocycles. The number of aromatic nitrogens is 1. The van der Waals surface area contributed by atoms with E-state index in [1.54, 1.807) is 15.6 Å². The number of halogens is 2. The number of benzene rings is 2. The molecule has 0 saturated heterocycles. The summed E-state index contributed by atoms with van der Waals surface area (Å²) in [5, 5.41) is 1.94. The van der Waals surface area contributed by atoms with Crippen molar-refractivity contribution in [2.75, 3.05) is 18.3 Å². The van der Waals surface area contributed by atoms with E-state index in [-0.39, 0.29) is 29.3 Å². The van der Waals surface area contributed by atoms with Crippen molar-refractivity contribution < 1.29 is 27.8 Å². The lowest BCUT2D eigenvalue weighted by molar-refractivity contribution is -0.147. The van der Waals surface area contributed by atoms with Crippen molar-refractivity contribution >= 4 is 23.6 Å². The van der Waals surface area contributed by atoms with Gasteiger partial charge in [-0.05, 0) is 30.2 Å². The number of carbonyl (C=O) groups is 2. The Kier molecular flexibility index (Phi) is 6.61. The number of thioether (sulfide) groups is 1. The Labute approximate surface area is 232 Å². The Morgan fingerprint density at radius 1 is 1.10 bits per heavy atom. The fraction of sp³-hybridized carbons (Fsp3) is 0.276. The van der Waals surface area contributed by atoms with E-state index >= 15 is 4.39 Å². The number of pyridine rings is 1. The summed E-state index contributed by atoms with van der Waals surface area (Å²) >= 11 is 1.42. The van der Waals surface area contributed by atoms with Crippen LogP contribution in [0.4, 0.5) is 8.78 Å². The van der Waals surface area contributed by atoms with Crippen molar-refractivity contribution in [1.82, 2.24) is 9.58 Å². The molecule has 40 heavy (non-hydrogen) atoms. The molecule has 3 aliphatic heterocycles. The van der Waals surface area contributed by atoms with E-state index < -0.39 is 47.9 Å². The topological polar surface area (TPSA) is 81.1 Å². The Bertz CT molecular complexity index is 1640. The molecule has 0 aliphatic carbocycles. The smallest absolute Gasteiger partial charge is 0.305 e. The lowest BCUT2D eigenvalue weighted by Crippen LogP contribution is -2.63. The van der Waals surface area contributed by atoms with Crippen LogP contribution in [0.3, 0.4) is 0 Å². The molecular formula is C29H25F2N3O5S. The van der Waals surface area contributed by atoms with Crippen LogP contribution in [0.5, 0.6) is 5.75 Å². The van der Waals surface area contributed by atoms with Gasteiger partial charge in [0.1, 0.15) is 6.17 Å². The minimum atomic E-state index is -0.929. The van der Waals surface area contributed by atoms with Crippen LogP contribution in [0, 0.1) is 11.6 Å². The summed E-state index contributed by atoms with van der Waals surface area (Å²) in [6.45, 7) is 2.92. The minimum Gasteiger partial charge on any atom is -0.451 e. The maximum atomic E-state index is 15.3. The SMILES string of the molecule is CC(=O)OCOc1c2n(ccc1=O)N([C@@H]1c3ccccc3SCc3c1ccc(F)c3F)[C@@H]1CC(C)=CCN1C2=O. The van der Waals surface area contributed by atoms with Crippen LogP contribution in [0.25, 0.3) is 0 Å². The fourth-order valence-electron chi connectivity index (χ4n) is 5.55. The highest BCUT2D eigenvalue weighted by Crippen LogP contribution is 2.46. The Hall–Kier alpha value is -4.12. The van der Waals surface area contributed by atoms with E-state index in [1.807, 2.05) is 42.3 Å². The molecule has 3 aromatic rings. The van der Waals surface area contributed by atoms with Crippen LogP contribution >= 0.6 is 11.8 Å². The van der Waals surface area contributed by atoms with Gasteiger partial charge < -0.3 is 14.4 Å². The van der Waals surface area contributed by atoms with Crippen LogP contribution in [-0.4, -0.2) is 41.0 Å². The summed E-state index contributed by atoms with van der Waals surface area (Å²) < 4.78 is 41.8. The highest BCUT2D eigenvalue weighted by atomic mass is 32.2. The third kappa shape index (κ3) is 4.25. The van der Waals surface area contributed by atoms with Gasteiger partial charge in [0.05, 0.1) is 6.04 Å². The molecule has 1 amide bonds. The van der Waals surface area contributed by atoms with Gasteiger partial charge in [-0.25, -0.2) is 8.78 Å². The van der Waals surface area contributed by atoms with Crippen molar-refractivity contribution in [2.24, 2.45) is 0 Å². The van der Waals surface area contributed by atoms with E-state index in [2.05, 4.69) is 0 Å². The number of ether oxygens (including phenoxy) is 2. The van der Waals surface area contributed by atoms with Gasteiger partial charge in [0.25, 0.3) is 5.91 Å². The molecule has 11 heteroatoms. The highest BCUT2D eigenvalue weighted by molar-refractivity contribution is 7.98. The molecule has 0 spiro atoms. The molecule has 0 fully saturated rings. The average molecular weight is 566 g/mol. The summed E-state index contributed by atoms with van der Waals surface area (Å²) in [5.41, 5.74) is 2.13. The summed E-state index contributed by atoms with van der Waals surface area (Å²) in [5.74, 6) is -2.90. The molecular weight excluding hydrogens is 540 g/mol. The van der Waals surface area contributed by atoms with Gasteiger partial charge in [0, 0.05) is 48.4 Å². The van der Waals surface area contributed by atoms with Crippen LogP contribution < -0.4 is 15.2 Å². The van der Waals surface area contributed by atoms with Crippen LogP contribution in [0.1, 0.15) is 53.5 Å². The number of fused-ring (bicyclic) bond motifs is 4. The summed E-state index contributed by atoms with van der Waals surface area (Å²) in [7, 11) is 0. The zero-order chi connectivity index (χ0) is 28.1. The van der Waals surface area contributed by atoms with E-state index in [1.165, 1.54) is 30.9 Å². The molecule has 0 saturated carbocycles. The predicted molar refractivity (Wildman–Crippen MR) is 144 cm³/mol. The van der Waals surface area contributed by atoms with Gasteiger partial charge in [-0.3, -0.25) is 24.1 Å². The second-order valence-electron chi connectivity index (χ2n) is 9.83. The third-order valence-corrected chi connectivity index (χ3v) is 8.51. The monoisotopic (exact) mass is 565 g/mol. The number of hydrogen-bond acceptors (Lipinski definition) is 7. The number of esters is 1. The average Bonchev–Trinajstić information content (AvgIpc) is 3.09. The zero-order valence-electron chi connectivity index (χ0n) is 21.7. The van der Waals surface area contributed by atoms with E-state index in [4.69, 9.17) is 9.47 Å². The third-order valence-electron chi connectivity index (χ3n) is 7.40. The quantitative estimate of drug-likeness (QED) is 0.262. The van der Waals surface area contributed by atoms with Gasteiger partial charge in [-0.2, -0.15) is 0 Å². The minimum absolute atomic E-state index is 0.0395. The van der Waals surface area contributed by atoms with Crippen LogP contribution in [-0.2, 0) is 15.3 Å². The van der Waals surface area contributed by atoms with Gasteiger partial charge >= 0.3 is 5.97 Å².